The number of nitrogens with zero attached hydrogens (tertiary/aromatic N) is 1. The summed E-state index contributed by atoms with van der Waals surface area (Å²) in [6, 6.07) is 107. The van der Waals surface area contributed by atoms with Gasteiger partial charge in [-0.25, -0.2) is 0 Å². The van der Waals surface area contributed by atoms with E-state index in [1.54, 1.807) is 0 Å². The van der Waals surface area contributed by atoms with Crippen LogP contribution in [0.25, 0.3) is 33.4 Å². The quantitative estimate of drug-likeness (QED) is 0.103. The molecule has 0 atom stereocenters. The van der Waals surface area contributed by atoms with Crippen molar-refractivity contribution in [3.05, 3.63) is 318 Å². The fraction of sp³-hybridized carbons (Fsp3) is 0.0571. The standard InChI is InChI=1S/C70H53NSi/c1-69(2)64-41-20-21-42-65(64)70(62-39-18-15-35-58(62)59-36-16-19-40-63(59)70)66-43-24-38-61(68(66)69)60-37-17-22-44-67(60)71(52-26-7-3-8-27-52)53-28-23-25-51(49-53)50-45-47-57(48-46-50)72(54-29-9-4-10-30-54,55-31-11-5-12-32-55)56-33-13-6-14-34-56/h3-49H,1-2H3. The van der Waals surface area contributed by atoms with Gasteiger partial charge in [0.1, 0.15) is 0 Å². The number of anilines is 3. The maximum Gasteiger partial charge on any atom is 0.179 e. The molecule has 0 radical (unpaired) electrons. The molecule has 2 aliphatic rings. The molecule has 0 saturated heterocycles. The molecule has 0 aromatic heterocycles. The molecule has 13 rings (SSSR count). The first kappa shape index (κ1) is 43.5. The fourth-order valence-electron chi connectivity index (χ4n) is 12.9. The van der Waals surface area contributed by atoms with Gasteiger partial charge in [-0.05, 0) is 112 Å². The predicted molar refractivity (Wildman–Crippen MR) is 305 cm³/mol. The highest BCUT2D eigenvalue weighted by molar-refractivity contribution is 7.19. The van der Waals surface area contributed by atoms with Crippen LogP contribution in [-0.2, 0) is 10.8 Å². The first-order valence-electron chi connectivity index (χ1n) is 25.3. The first-order valence-corrected chi connectivity index (χ1v) is 27.3. The smallest absolute Gasteiger partial charge is 0.179 e. The second-order valence-electron chi connectivity index (χ2n) is 19.9. The summed E-state index contributed by atoms with van der Waals surface area (Å²) in [6.07, 6.45) is 0. The van der Waals surface area contributed by atoms with Crippen molar-refractivity contribution in [2.45, 2.75) is 24.7 Å². The lowest BCUT2D eigenvalue weighted by atomic mass is 9.54. The molecule has 2 aliphatic carbocycles. The minimum Gasteiger partial charge on any atom is -0.310 e. The lowest BCUT2D eigenvalue weighted by Crippen LogP contribution is -2.74. The Balaban J connectivity index is 0.975. The first-order chi connectivity index (χ1) is 35.5. The van der Waals surface area contributed by atoms with E-state index in [0.717, 1.165) is 17.1 Å². The lowest BCUT2D eigenvalue weighted by molar-refractivity contribution is 0.565. The monoisotopic (exact) mass is 935 g/mol. The number of rotatable bonds is 9. The highest BCUT2D eigenvalue weighted by atomic mass is 28.3. The minimum absolute atomic E-state index is 0.320. The maximum atomic E-state index is 2.46. The molecule has 342 valence electrons. The van der Waals surface area contributed by atoms with Crippen LogP contribution in [0.5, 0.6) is 0 Å². The van der Waals surface area contributed by atoms with E-state index in [1.807, 2.05) is 0 Å². The molecule has 0 heterocycles. The van der Waals surface area contributed by atoms with E-state index in [0.29, 0.717) is 0 Å². The van der Waals surface area contributed by atoms with Crippen molar-refractivity contribution in [1.29, 1.82) is 0 Å². The molecule has 11 aromatic rings. The van der Waals surface area contributed by atoms with Crippen LogP contribution in [0.3, 0.4) is 0 Å². The van der Waals surface area contributed by atoms with E-state index in [4.69, 9.17) is 0 Å². The molecule has 0 saturated carbocycles. The number of para-hydroxylation sites is 2. The van der Waals surface area contributed by atoms with Crippen molar-refractivity contribution in [3.63, 3.8) is 0 Å². The van der Waals surface area contributed by atoms with Crippen molar-refractivity contribution >= 4 is 45.9 Å². The van der Waals surface area contributed by atoms with E-state index in [2.05, 4.69) is 304 Å². The van der Waals surface area contributed by atoms with Crippen LogP contribution in [0.2, 0.25) is 0 Å². The van der Waals surface area contributed by atoms with Gasteiger partial charge in [-0.2, -0.15) is 0 Å². The van der Waals surface area contributed by atoms with Gasteiger partial charge in [0.2, 0.25) is 0 Å². The molecule has 0 fully saturated rings. The number of benzene rings is 11. The summed E-state index contributed by atoms with van der Waals surface area (Å²) in [4.78, 5) is 2.46. The van der Waals surface area contributed by atoms with E-state index in [9.17, 15) is 0 Å². The van der Waals surface area contributed by atoms with Crippen LogP contribution < -0.4 is 25.6 Å². The molecular formula is C70H53NSi. The van der Waals surface area contributed by atoms with Gasteiger partial charge in [0, 0.05) is 22.4 Å². The van der Waals surface area contributed by atoms with Crippen molar-refractivity contribution in [2.24, 2.45) is 0 Å². The Morgan fingerprint density at radius 2 is 0.708 bits per heavy atom. The third-order valence-corrected chi connectivity index (χ3v) is 20.7. The van der Waals surface area contributed by atoms with E-state index >= 15 is 0 Å². The molecule has 11 aromatic carbocycles. The second-order valence-corrected chi connectivity index (χ2v) is 23.7. The highest BCUT2D eigenvalue weighted by Gasteiger charge is 2.54. The Hall–Kier alpha value is -8.56. The van der Waals surface area contributed by atoms with E-state index in [-0.39, 0.29) is 5.41 Å². The molecule has 1 nitrogen and oxygen atoms in total. The predicted octanol–water partition coefficient (Wildman–Crippen LogP) is 14.9. The average Bonchev–Trinajstić information content (AvgIpc) is 3.75. The minimum atomic E-state index is -2.67. The summed E-state index contributed by atoms with van der Waals surface area (Å²) >= 11 is 0. The third kappa shape index (κ3) is 6.53. The van der Waals surface area contributed by atoms with Crippen molar-refractivity contribution in [2.75, 3.05) is 4.90 Å². The summed E-state index contributed by atoms with van der Waals surface area (Å²) in [5, 5.41) is 5.47. The summed E-state index contributed by atoms with van der Waals surface area (Å²) in [5.41, 5.74) is 18.1. The lowest BCUT2D eigenvalue weighted by Gasteiger charge is -2.47. The largest absolute Gasteiger partial charge is 0.310 e. The van der Waals surface area contributed by atoms with E-state index < -0.39 is 13.5 Å². The van der Waals surface area contributed by atoms with Crippen LogP contribution in [0.4, 0.5) is 17.1 Å². The van der Waals surface area contributed by atoms with Crippen molar-refractivity contribution < 1.29 is 0 Å². The van der Waals surface area contributed by atoms with Gasteiger partial charge in [0.05, 0.1) is 11.1 Å². The van der Waals surface area contributed by atoms with Crippen LogP contribution in [0.1, 0.15) is 47.2 Å². The zero-order chi connectivity index (χ0) is 48.3. The summed E-state index contributed by atoms with van der Waals surface area (Å²) < 4.78 is 0. The zero-order valence-corrected chi connectivity index (χ0v) is 41.6. The highest BCUT2D eigenvalue weighted by Crippen LogP contribution is 2.63. The van der Waals surface area contributed by atoms with Crippen LogP contribution in [0.15, 0.2) is 285 Å². The van der Waals surface area contributed by atoms with Crippen molar-refractivity contribution in [1.82, 2.24) is 0 Å². The fourth-order valence-corrected chi connectivity index (χ4v) is 17.7. The Labute approximate surface area is 425 Å². The Kier molecular flexibility index (Phi) is 10.5. The average molecular weight is 936 g/mol. The second kappa shape index (κ2) is 17.4. The number of hydrogen-bond donors (Lipinski definition) is 0. The molecule has 72 heavy (non-hydrogen) atoms. The van der Waals surface area contributed by atoms with Crippen LogP contribution >= 0.6 is 0 Å². The molecule has 1 spiro atoms. The molecular weight excluding hydrogens is 883 g/mol. The molecule has 0 unspecified atom stereocenters. The van der Waals surface area contributed by atoms with Crippen molar-refractivity contribution in [3.8, 4) is 33.4 Å². The molecule has 2 heteroatoms. The number of fused-ring (bicyclic) bond motifs is 9. The van der Waals surface area contributed by atoms with Gasteiger partial charge in [-0.3, -0.25) is 0 Å². The SMILES string of the molecule is CC1(C)c2ccccc2C2(c3ccccc3-c3ccccc32)c2cccc(-c3ccccc3N(c3ccccc3)c3cccc(-c4ccc([Si](c5ccccc5)(c5ccccc5)c5ccccc5)cc4)c3)c21. The van der Waals surface area contributed by atoms with Gasteiger partial charge < -0.3 is 4.90 Å². The summed E-state index contributed by atoms with van der Waals surface area (Å²) in [7, 11) is -2.67. The molecule has 0 amide bonds. The number of hydrogen-bond acceptors (Lipinski definition) is 1. The van der Waals surface area contributed by atoms with E-state index in [1.165, 1.54) is 87.5 Å². The Bertz CT molecular complexity index is 3630. The topological polar surface area (TPSA) is 3.24 Å². The van der Waals surface area contributed by atoms with Gasteiger partial charge in [0.15, 0.2) is 8.07 Å². The summed E-state index contributed by atoms with van der Waals surface area (Å²) in [5.74, 6) is 0. The van der Waals surface area contributed by atoms with Crippen LogP contribution in [-0.4, -0.2) is 8.07 Å². The molecule has 0 bridgehead atoms. The van der Waals surface area contributed by atoms with Crippen LogP contribution in [0, 0.1) is 0 Å². The summed E-state index contributed by atoms with van der Waals surface area (Å²) in [6.45, 7) is 4.87. The Morgan fingerprint density at radius 3 is 1.29 bits per heavy atom. The third-order valence-electron chi connectivity index (χ3n) is 15.9. The molecule has 0 aliphatic heterocycles. The van der Waals surface area contributed by atoms with Gasteiger partial charge in [0.25, 0.3) is 0 Å². The Morgan fingerprint density at radius 1 is 0.292 bits per heavy atom. The van der Waals surface area contributed by atoms with Gasteiger partial charge in [-0.15, -0.1) is 0 Å². The maximum absolute atomic E-state index is 2.67. The van der Waals surface area contributed by atoms with Gasteiger partial charge in [-0.1, -0.05) is 269 Å². The molecule has 0 N–H and O–H groups in total. The zero-order valence-electron chi connectivity index (χ0n) is 40.6. The normalized spacial score (nSPS) is 13.6. The van der Waals surface area contributed by atoms with Gasteiger partial charge >= 0.3 is 0 Å².